The number of likely N-dealkylation sites (N-methyl/N-ethyl adjacent to an activating group) is 1. The third-order valence-electron chi connectivity index (χ3n) is 7.13. The van der Waals surface area contributed by atoms with E-state index in [-0.39, 0.29) is 18.0 Å². The third kappa shape index (κ3) is 7.36. The number of hydrogen-bond acceptors (Lipinski definition) is 9. The molecule has 1 amide bonds. The Balaban J connectivity index is 1.32. The van der Waals surface area contributed by atoms with Gasteiger partial charge in [0.05, 0.1) is 22.5 Å². The van der Waals surface area contributed by atoms with Crippen LogP contribution in [-0.2, 0) is 11.2 Å². The van der Waals surface area contributed by atoms with Gasteiger partial charge in [-0.2, -0.15) is 9.97 Å². The zero-order chi connectivity index (χ0) is 31.1. The number of nitrogens with one attached hydrogen (secondary N) is 2. The van der Waals surface area contributed by atoms with Gasteiger partial charge >= 0.3 is 5.69 Å². The Kier molecular flexibility index (Phi) is 9.78. The van der Waals surface area contributed by atoms with Crippen molar-refractivity contribution in [2.24, 2.45) is 0 Å². The van der Waals surface area contributed by atoms with Gasteiger partial charge in [-0.3, -0.25) is 14.3 Å². The summed E-state index contributed by atoms with van der Waals surface area (Å²) in [5.74, 6) is 0.849. The molecule has 0 aliphatic carbocycles. The van der Waals surface area contributed by atoms with E-state index in [1.54, 1.807) is 49.8 Å². The molecule has 11 nitrogen and oxygen atoms in total. The van der Waals surface area contributed by atoms with Crippen LogP contribution in [0.4, 0.5) is 17.3 Å². The SMILES string of the molecule is CCN(CC)CCOc1ccc(Nc2ncc3c(C)n(-c4cc(NC(=O)Cc5cccnc5)ccc4Cl)c(=O)nc3n2)cc1. The Morgan fingerprint density at radius 3 is 2.52 bits per heavy atom. The van der Waals surface area contributed by atoms with Crippen LogP contribution in [0.3, 0.4) is 0 Å². The second kappa shape index (κ2) is 14.1. The van der Waals surface area contributed by atoms with Crippen molar-refractivity contribution >= 4 is 45.9 Å². The van der Waals surface area contributed by atoms with Gasteiger partial charge < -0.3 is 20.3 Å². The summed E-state index contributed by atoms with van der Waals surface area (Å²) in [6.45, 7) is 9.50. The topological polar surface area (TPSA) is 127 Å². The van der Waals surface area contributed by atoms with Gasteiger partial charge in [-0.1, -0.05) is 31.5 Å². The zero-order valence-corrected chi connectivity index (χ0v) is 25.5. The Hall–Kier alpha value is -4.87. The summed E-state index contributed by atoms with van der Waals surface area (Å²) < 4.78 is 7.24. The van der Waals surface area contributed by atoms with Crippen molar-refractivity contribution < 1.29 is 9.53 Å². The maximum Gasteiger partial charge on any atom is 0.354 e. The second-order valence-corrected chi connectivity index (χ2v) is 10.4. The molecule has 0 aliphatic heterocycles. The molecule has 0 aliphatic rings. The van der Waals surface area contributed by atoms with E-state index in [1.165, 1.54) is 4.57 Å². The van der Waals surface area contributed by atoms with Crippen LogP contribution < -0.4 is 21.1 Å². The van der Waals surface area contributed by atoms with Gasteiger partial charge in [0.25, 0.3) is 0 Å². The number of pyridine rings is 1. The summed E-state index contributed by atoms with van der Waals surface area (Å²) in [7, 11) is 0. The van der Waals surface area contributed by atoms with Crippen LogP contribution in [0.2, 0.25) is 5.02 Å². The minimum atomic E-state index is -0.563. The number of aromatic nitrogens is 5. The van der Waals surface area contributed by atoms with Gasteiger partial charge in [0.1, 0.15) is 12.4 Å². The van der Waals surface area contributed by atoms with Crippen molar-refractivity contribution in [2.45, 2.75) is 27.2 Å². The number of carbonyl (C=O) groups is 1. The number of rotatable bonds is 12. The first-order chi connectivity index (χ1) is 21.3. The van der Waals surface area contributed by atoms with Crippen LogP contribution in [0.5, 0.6) is 5.75 Å². The van der Waals surface area contributed by atoms with Crippen LogP contribution in [0.1, 0.15) is 25.1 Å². The highest BCUT2D eigenvalue weighted by Crippen LogP contribution is 2.27. The Morgan fingerprint density at radius 2 is 1.80 bits per heavy atom. The zero-order valence-electron chi connectivity index (χ0n) is 24.7. The van der Waals surface area contributed by atoms with E-state index in [2.05, 4.69) is 49.3 Å². The predicted molar refractivity (Wildman–Crippen MR) is 172 cm³/mol. The van der Waals surface area contributed by atoms with Crippen LogP contribution in [0, 0.1) is 6.92 Å². The normalized spacial score (nSPS) is 11.1. The van der Waals surface area contributed by atoms with Gasteiger partial charge in [-0.15, -0.1) is 0 Å². The fourth-order valence-electron chi connectivity index (χ4n) is 4.71. The molecule has 0 spiro atoms. The highest BCUT2D eigenvalue weighted by atomic mass is 35.5. The fourth-order valence-corrected chi connectivity index (χ4v) is 4.91. The lowest BCUT2D eigenvalue weighted by Gasteiger charge is -2.18. The minimum Gasteiger partial charge on any atom is -0.492 e. The Labute approximate surface area is 259 Å². The van der Waals surface area contributed by atoms with Crippen LogP contribution >= 0.6 is 11.6 Å². The van der Waals surface area contributed by atoms with Crippen molar-refractivity contribution in [1.82, 2.24) is 29.4 Å². The predicted octanol–water partition coefficient (Wildman–Crippen LogP) is 5.18. The molecular formula is C32H33ClN8O3. The van der Waals surface area contributed by atoms with E-state index in [4.69, 9.17) is 16.3 Å². The lowest BCUT2D eigenvalue weighted by atomic mass is 10.2. The van der Waals surface area contributed by atoms with Crippen LogP contribution in [-0.4, -0.2) is 61.6 Å². The standard InChI is InChI=1S/C32H33ClN8O3/c1-4-40(5-2)15-16-44-25-11-8-23(9-12-25)37-31-35-20-26-21(3)41(32(43)39-30(26)38-31)28-18-24(10-13-27(28)33)36-29(42)17-22-7-6-14-34-19-22/h6-14,18-20H,4-5,15-17H2,1-3H3,(H,36,42)(H,37,38,39,43). The van der Waals surface area contributed by atoms with E-state index in [0.717, 1.165) is 36.6 Å². The third-order valence-corrected chi connectivity index (χ3v) is 7.45. The molecule has 0 saturated carbocycles. The summed E-state index contributed by atoms with van der Waals surface area (Å²) >= 11 is 6.51. The number of anilines is 3. The summed E-state index contributed by atoms with van der Waals surface area (Å²) in [6, 6.07) is 16.1. The molecule has 3 aromatic heterocycles. The maximum absolute atomic E-state index is 13.3. The quantitative estimate of drug-likeness (QED) is 0.196. The van der Waals surface area contributed by atoms with Gasteiger partial charge in [-0.05, 0) is 74.1 Å². The largest absolute Gasteiger partial charge is 0.492 e. The molecule has 0 bridgehead atoms. The molecule has 0 atom stereocenters. The molecule has 2 N–H and O–H groups in total. The summed E-state index contributed by atoms with van der Waals surface area (Å²) in [5, 5.41) is 6.90. The van der Waals surface area contributed by atoms with Gasteiger partial charge in [0.2, 0.25) is 11.9 Å². The first-order valence-electron chi connectivity index (χ1n) is 14.3. The summed E-state index contributed by atoms with van der Waals surface area (Å²) in [4.78, 5) is 45.3. The molecule has 2 aromatic carbocycles. The molecule has 0 fully saturated rings. The second-order valence-electron chi connectivity index (χ2n) is 10.0. The monoisotopic (exact) mass is 612 g/mol. The molecule has 12 heteroatoms. The highest BCUT2D eigenvalue weighted by Gasteiger charge is 2.16. The molecule has 0 unspecified atom stereocenters. The number of hydrogen-bond donors (Lipinski definition) is 2. The maximum atomic E-state index is 13.3. The molecule has 5 rings (SSSR count). The van der Waals surface area contributed by atoms with E-state index >= 15 is 0 Å². The number of ether oxygens (including phenoxy) is 1. The summed E-state index contributed by atoms with van der Waals surface area (Å²) in [6.07, 6.45) is 5.06. The lowest BCUT2D eigenvalue weighted by molar-refractivity contribution is -0.115. The lowest BCUT2D eigenvalue weighted by Crippen LogP contribution is -2.27. The Bertz CT molecular complexity index is 1810. The average Bonchev–Trinajstić information content (AvgIpc) is 3.02. The molecule has 0 radical (unpaired) electrons. The number of amides is 1. The van der Waals surface area contributed by atoms with Gasteiger partial charge in [0, 0.05) is 42.2 Å². The van der Waals surface area contributed by atoms with Crippen molar-refractivity contribution in [1.29, 1.82) is 0 Å². The smallest absolute Gasteiger partial charge is 0.354 e. The number of nitrogens with zero attached hydrogens (tertiary/aromatic N) is 6. The molecule has 0 saturated heterocycles. The number of benzene rings is 2. The number of aryl methyl sites for hydroxylation is 1. The fraction of sp³-hybridized carbons (Fsp3) is 0.250. The molecule has 5 aromatic rings. The van der Waals surface area contributed by atoms with E-state index in [0.29, 0.717) is 40.0 Å². The van der Waals surface area contributed by atoms with Gasteiger partial charge in [0.15, 0.2) is 5.65 Å². The molecule has 3 heterocycles. The molecular weight excluding hydrogens is 580 g/mol. The van der Waals surface area contributed by atoms with E-state index < -0.39 is 5.69 Å². The van der Waals surface area contributed by atoms with E-state index in [9.17, 15) is 9.59 Å². The Morgan fingerprint density at radius 1 is 1.02 bits per heavy atom. The highest BCUT2D eigenvalue weighted by molar-refractivity contribution is 6.32. The van der Waals surface area contributed by atoms with Crippen LogP contribution in [0.15, 0.2) is 78.0 Å². The minimum absolute atomic E-state index is 0.158. The van der Waals surface area contributed by atoms with Crippen molar-refractivity contribution in [3.63, 3.8) is 0 Å². The number of carbonyl (C=O) groups excluding carboxylic acids is 1. The molecule has 44 heavy (non-hydrogen) atoms. The average molecular weight is 613 g/mol. The van der Waals surface area contributed by atoms with Crippen LogP contribution in [0.25, 0.3) is 16.7 Å². The number of halogens is 1. The van der Waals surface area contributed by atoms with Crippen molar-refractivity contribution in [2.75, 3.05) is 36.9 Å². The first kappa shape index (κ1) is 30.6. The van der Waals surface area contributed by atoms with Crippen molar-refractivity contribution in [3.05, 3.63) is 100.0 Å². The summed E-state index contributed by atoms with van der Waals surface area (Å²) in [5.41, 5.74) is 2.65. The first-order valence-corrected chi connectivity index (χ1v) is 14.7. The molecule has 226 valence electrons. The van der Waals surface area contributed by atoms with Gasteiger partial charge in [-0.25, -0.2) is 9.78 Å². The van der Waals surface area contributed by atoms with E-state index in [1.807, 2.05) is 30.3 Å². The van der Waals surface area contributed by atoms with Crippen molar-refractivity contribution in [3.8, 4) is 11.4 Å². The number of fused-ring (bicyclic) bond motifs is 1.